The third-order valence-electron chi connectivity index (χ3n) is 2.47. The number of aliphatic hydroxyl groups excluding tert-OH is 1. The summed E-state index contributed by atoms with van der Waals surface area (Å²) in [6.45, 7) is 4.34. The number of nitrogens with zero attached hydrogens (tertiary/aromatic N) is 2. The number of aromatic nitrogens is 2. The lowest BCUT2D eigenvalue weighted by molar-refractivity contribution is 0.250. The van der Waals surface area contributed by atoms with Gasteiger partial charge in [-0.25, -0.2) is 9.97 Å². The van der Waals surface area contributed by atoms with E-state index in [9.17, 15) is 0 Å². The molecule has 0 spiro atoms. The first-order valence-corrected chi connectivity index (χ1v) is 7.59. The molecule has 2 aromatic rings. The van der Waals surface area contributed by atoms with Crippen molar-refractivity contribution in [1.29, 1.82) is 0 Å². The van der Waals surface area contributed by atoms with Gasteiger partial charge in [-0.2, -0.15) is 0 Å². The van der Waals surface area contributed by atoms with Gasteiger partial charge in [0.15, 0.2) is 0 Å². The molecule has 2 heterocycles. The zero-order valence-corrected chi connectivity index (χ0v) is 11.6. The molecule has 2 rings (SSSR count). The van der Waals surface area contributed by atoms with E-state index < -0.39 is 0 Å². The highest BCUT2D eigenvalue weighted by Gasteiger charge is 2.10. The first-order valence-electron chi connectivity index (χ1n) is 5.72. The Morgan fingerprint density at radius 1 is 1.47 bits per heavy atom. The highest BCUT2D eigenvalue weighted by molar-refractivity contribution is 7.99. The van der Waals surface area contributed by atoms with E-state index in [1.807, 2.05) is 6.92 Å². The fourth-order valence-electron chi connectivity index (χ4n) is 1.41. The summed E-state index contributed by atoms with van der Waals surface area (Å²) in [5.41, 5.74) is 0. The van der Waals surface area contributed by atoms with Crippen molar-refractivity contribution in [2.75, 3.05) is 12.4 Å². The van der Waals surface area contributed by atoms with E-state index in [2.05, 4.69) is 28.3 Å². The van der Waals surface area contributed by atoms with Crippen LogP contribution in [0.3, 0.4) is 0 Å². The molecular weight excluding hydrogens is 252 g/mol. The molecule has 0 aliphatic carbocycles. The van der Waals surface area contributed by atoms with Crippen LogP contribution in [0.2, 0.25) is 0 Å². The molecule has 0 amide bonds. The fourth-order valence-corrected chi connectivity index (χ4v) is 3.30. The molecule has 1 unspecified atom stereocenters. The maximum Gasteiger partial charge on any atom is 0.131 e. The van der Waals surface area contributed by atoms with Crippen LogP contribution in [0.15, 0.2) is 16.5 Å². The zero-order chi connectivity index (χ0) is 12.3. The first-order chi connectivity index (χ1) is 8.24. The normalized spacial score (nSPS) is 13.1. The molecule has 92 valence electrons. The number of hydrogen-bond donors (Lipinski definition) is 1. The number of fused-ring (bicyclic) bond motifs is 1. The van der Waals surface area contributed by atoms with Crippen LogP contribution in [0.25, 0.3) is 10.2 Å². The summed E-state index contributed by atoms with van der Waals surface area (Å²) < 4.78 is 0. The molecule has 0 aliphatic rings. The third kappa shape index (κ3) is 2.97. The summed E-state index contributed by atoms with van der Waals surface area (Å²) in [7, 11) is 0. The van der Waals surface area contributed by atoms with Crippen molar-refractivity contribution >= 4 is 33.3 Å². The summed E-state index contributed by atoms with van der Waals surface area (Å²) in [6.07, 6.45) is 0.858. The highest BCUT2D eigenvalue weighted by atomic mass is 32.2. The largest absolute Gasteiger partial charge is 0.396 e. The van der Waals surface area contributed by atoms with Crippen molar-refractivity contribution in [1.82, 2.24) is 9.97 Å². The lowest BCUT2D eigenvalue weighted by Crippen LogP contribution is -2.04. The van der Waals surface area contributed by atoms with Crippen molar-refractivity contribution in [2.45, 2.75) is 25.3 Å². The molecule has 2 aromatic heterocycles. The average molecular weight is 268 g/mol. The number of thiophene rings is 1. The van der Waals surface area contributed by atoms with Crippen molar-refractivity contribution in [2.24, 2.45) is 5.92 Å². The van der Waals surface area contributed by atoms with Gasteiger partial charge in [0, 0.05) is 24.2 Å². The van der Waals surface area contributed by atoms with Crippen LogP contribution in [-0.4, -0.2) is 27.4 Å². The maximum atomic E-state index is 9.04. The molecule has 0 aromatic carbocycles. The van der Waals surface area contributed by atoms with Crippen LogP contribution in [-0.2, 0) is 6.42 Å². The monoisotopic (exact) mass is 268 g/mol. The van der Waals surface area contributed by atoms with Crippen LogP contribution >= 0.6 is 23.1 Å². The predicted molar refractivity (Wildman–Crippen MR) is 73.8 cm³/mol. The molecule has 0 saturated heterocycles. The van der Waals surface area contributed by atoms with Crippen molar-refractivity contribution in [3.05, 3.63) is 17.3 Å². The minimum atomic E-state index is 0.228. The van der Waals surface area contributed by atoms with E-state index in [4.69, 9.17) is 5.11 Å². The molecule has 0 bridgehead atoms. The lowest BCUT2D eigenvalue weighted by Gasteiger charge is -2.08. The fraction of sp³-hybridized carbons (Fsp3) is 0.500. The van der Waals surface area contributed by atoms with Crippen molar-refractivity contribution in [3.8, 4) is 0 Å². The van der Waals surface area contributed by atoms with E-state index in [1.165, 1.54) is 0 Å². The number of aliphatic hydroxyl groups is 1. The molecule has 17 heavy (non-hydrogen) atoms. The summed E-state index contributed by atoms with van der Waals surface area (Å²) in [5, 5.41) is 13.3. The van der Waals surface area contributed by atoms with Crippen molar-refractivity contribution in [3.63, 3.8) is 0 Å². The average Bonchev–Trinajstić information content (AvgIpc) is 2.83. The minimum Gasteiger partial charge on any atom is -0.396 e. The van der Waals surface area contributed by atoms with Gasteiger partial charge >= 0.3 is 0 Å². The molecular formula is C12H16N2OS2. The quantitative estimate of drug-likeness (QED) is 0.669. The third-order valence-corrected chi connectivity index (χ3v) is 4.60. The molecule has 1 N–H and O–H groups in total. The summed E-state index contributed by atoms with van der Waals surface area (Å²) in [5.74, 6) is 2.09. The van der Waals surface area contributed by atoms with E-state index in [-0.39, 0.29) is 6.61 Å². The van der Waals surface area contributed by atoms with Gasteiger partial charge in [-0.1, -0.05) is 13.8 Å². The van der Waals surface area contributed by atoms with E-state index in [1.54, 1.807) is 23.1 Å². The minimum absolute atomic E-state index is 0.228. The molecule has 0 radical (unpaired) electrons. The van der Waals surface area contributed by atoms with Crippen LogP contribution in [0.1, 0.15) is 19.7 Å². The Morgan fingerprint density at radius 3 is 3.00 bits per heavy atom. The van der Waals surface area contributed by atoms with Crippen LogP contribution < -0.4 is 0 Å². The smallest absolute Gasteiger partial charge is 0.131 e. The second kappa shape index (κ2) is 5.80. The number of rotatable bonds is 5. The van der Waals surface area contributed by atoms with E-state index in [0.29, 0.717) is 5.92 Å². The Bertz CT molecular complexity index is 498. The Kier molecular flexibility index (Phi) is 4.36. The SMILES string of the molecule is CCc1nc(SCC(C)CO)c2ccsc2n1. The van der Waals surface area contributed by atoms with Gasteiger partial charge < -0.3 is 5.11 Å². The summed E-state index contributed by atoms with van der Waals surface area (Å²) >= 11 is 3.37. The van der Waals surface area contributed by atoms with Gasteiger partial charge in [0.2, 0.25) is 0 Å². The van der Waals surface area contributed by atoms with Gasteiger partial charge in [-0.05, 0) is 17.4 Å². The second-order valence-electron chi connectivity index (χ2n) is 4.04. The maximum absolute atomic E-state index is 9.04. The summed E-state index contributed by atoms with van der Waals surface area (Å²) in [4.78, 5) is 10.1. The molecule has 1 atom stereocenters. The zero-order valence-electron chi connectivity index (χ0n) is 10.0. The molecule has 3 nitrogen and oxygen atoms in total. The predicted octanol–water partition coefficient (Wildman–Crippen LogP) is 2.97. The topological polar surface area (TPSA) is 46.0 Å². The molecule has 5 heteroatoms. The second-order valence-corrected chi connectivity index (χ2v) is 5.94. The number of hydrogen-bond acceptors (Lipinski definition) is 5. The van der Waals surface area contributed by atoms with Gasteiger partial charge in [-0.15, -0.1) is 23.1 Å². The standard InChI is InChI=1S/C12H16N2OS2/c1-3-10-13-11-9(4-5-16-11)12(14-10)17-7-8(2)6-15/h4-5,8,15H,3,6-7H2,1-2H3. The number of aryl methyl sites for hydroxylation is 1. The van der Waals surface area contributed by atoms with Gasteiger partial charge in [0.05, 0.1) is 0 Å². The van der Waals surface area contributed by atoms with E-state index in [0.717, 1.165) is 33.2 Å². The van der Waals surface area contributed by atoms with Crippen LogP contribution in [0.4, 0.5) is 0 Å². The Morgan fingerprint density at radius 2 is 2.29 bits per heavy atom. The molecule has 0 saturated carbocycles. The Balaban J connectivity index is 2.27. The molecule has 0 fully saturated rings. The van der Waals surface area contributed by atoms with Gasteiger partial charge in [0.1, 0.15) is 15.7 Å². The van der Waals surface area contributed by atoms with Crippen molar-refractivity contribution < 1.29 is 5.11 Å². The Labute approximate surface area is 109 Å². The van der Waals surface area contributed by atoms with Crippen LogP contribution in [0.5, 0.6) is 0 Å². The first kappa shape index (κ1) is 12.8. The number of thioether (sulfide) groups is 1. The van der Waals surface area contributed by atoms with Gasteiger partial charge in [-0.3, -0.25) is 0 Å². The summed E-state index contributed by atoms with van der Waals surface area (Å²) in [6, 6.07) is 2.07. The van der Waals surface area contributed by atoms with Gasteiger partial charge in [0.25, 0.3) is 0 Å². The lowest BCUT2D eigenvalue weighted by atomic mass is 10.2. The van der Waals surface area contributed by atoms with E-state index >= 15 is 0 Å². The highest BCUT2D eigenvalue weighted by Crippen LogP contribution is 2.29. The van der Waals surface area contributed by atoms with Crippen LogP contribution in [0, 0.1) is 5.92 Å². The Hall–Kier alpha value is -0.650. The molecule has 0 aliphatic heterocycles.